The SMILES string of the molecule is CCCC1CCC(C2CCC(C3CCC(CCCC#N)CC3)CC2)CC1. The lowest BCUT2D eigenvalue weighted by Gasteiger charge is -2.41. The Balaban J connectivity index is 1.33. The Morgan fingerprint density at radius 3 is 1.38 bits per heavy atom. The third kappa shape index (κ3) is 5.74. The minimum atomic E-state index is 0.768. The van der Waals surface area contributed by atoms with Crippen LogP contribution < -0.4 is 0 Å². The van der Waals surface area contributed by atoms with Crippen LogP contribution in [-0.4, -0.2) is 0 Å². The summed E-state index contributed by atoms with van der Waals surface area (Å²) in [5, 5.41) is 8.71. The number of nitriles is 1. The molecule has 3 saturated carbocycles. The van der Waals surface area contributed by atoms with Crippen molar-refractivity contribution in [1.82, 2.24) is 0 Å². The molecular weight excluding hydrogens is 314 g/mol. The van der Waals surface area contributed by atoms with Gasteiger partial charge in [-0.25, -0.2) is 0 Å². The van der Waals surface area contributed by atoms with Crippen LogP contribution >= 0.6 is 0 Å². The van der Waals surface area contributed by atoms with Gasteiger partial charge < -0.3 is 0 Å². The van der Waals surface area contributed by atoms with Crippen LogP contribution in [0.15, 0.2) is 0 Å². The molecule has 0 bridgehead atoms. The lowest BCUT2D eigenvalue weighted by molar-refractivity contribution is 0.102. The Kier molecular flexibility index (Phi) is 8.35. The van der Waals surface area contributed by atoms with Gasteiger partial charge in [-0.15, -0.1) is 0 Å². The Hall–Kier alpha value is -0.510. The van der Waals surface area contributed by atoms with Crippen molar-refractivity contribution in [2.24, 2.45) is 35.5 Å². The summed E-state index contributed by atoms with van der Waals surface area (Å²) in [5.41, 5.74) is 0. The molecule has 0 saturated heterocycles. The van der Waals surface area contributed by atoms with Crippen molar-refractivity contribution in [2.45, 2.75) is 116 Å². The van der Waals surface area contributed by atoms with Gasteiger partial charge in [0.15, 0.2) is 0 Å². The van der Waals surface area contributed by atoms with Gasteiger partial charge >= 0.3 is 0 Å². The molecule has 0 aromatic carbocycles. The van der Waals surface area contributed by atoms with E-state index in [-0.39, 0.29) is 0 Å². The van der Waals surface area contributed by atoms with Crippen LogP contribution in [0.2, 0.25) is 0 Å². The standard InChI is InChI=1S/C25H43N/c1-2-5-20-7-11-22(12-8-20)24-15-17-25(18-16-24)23-13-9-21(10-14-23)6-3-4-19-26/h20-25H,2-18H2,1H3. The Morgan fingerprint density at radius 1 is 0.615 bits per heavy atom. The van der Waals surface area contributed by atoms with Crippen LogP contribution in [0.3, 0.4) is 0 Å². The molecule has 0 atom stereocenters. The van der Waals surface area contributed by atoms with E-state index in [1.807, 2.05) is 0 Å². The van der Waals surface area contributed by atoms with Crippen LogP contribution in [0, 0.1) is 46.8 Å². The second kappa shape index (κ2) is 10.7. The van der Waals surface area contributed by atoms with E-state index in [2.05, 4.69) is 13.0 Å². The summed E-state index contributed by atoms with van der Waals surface area (Å²) in [7, 11) is 0. The topological polar surface area (TPSA) is 23.8 Å². The Morgan fingerprint density at radius 2 is 1.00 bits per heavy atom. The van der Waals surface area contributed by atoms with Crippen LogP contribution in [0.5, 0.6) is 0 Å². The molecule has 3 aliphatic carbocycles. The Bertz CT molecular complexity index is 412. The average Bonchev–Trinajstić information content (AvgIpc) is 2.70. The number of hydrogen-bond donors (Lipinski definition) is 0. The summed E-state index contributed by atoms with van der Waals surface area (Å²) < 4.78 is 0. The average molecular weight is 358 g/mol. The minimum absolute atomic E-state index is 0.768. The highest BCUT2D eigenvalue weighted by molar-refractivity contribution is 4.86. The number of nitrogens with zero attached hydrogens (tertiary/aromatic N) is 1. The zero-order valence-corrected chi connectivity index (χ0v) is 17.4. The van der Waals surface area contributed by atoms with E-state index in [1.165, 1.54) is 57.8 Å². The summed E-state index contributed by atoms with van der Waals surface area (Å²) in [6.45, 7) is 2.35. The second-order valence-electron chi connectivity index (χ2n) is 10.1. The summed E-state index contributed by atoms with van der Waals surface area (Å²) >= 11 is 0. The predicted molar refractivity (Wildman–Crippen MR) is 111 cm³/mol. The van der Waals surface area contributed by atoms with E-state index in [4.69, 9.17) is 5.26 Å². The summed E-state index contributed by atoms with van der Waals surface area (Å²) in [6.07, 6.45) is 24.4. The quantitative estimate of drug-likeness (QED) is 0.425. The molecule has 3 fully saturated rings. The van der Waals surface area contributed by atoms with Gasteiger partial charge in [-0.05, 0) is 99.7 Å². The molecule has 148 valence electrons. The van der Waals surface area contributed by atoms with Gasteiger partial charge in [0.1, 0.15) is 0 Å². The van der Waals surface area contributed by atoms with E-state index < -0.39 is 0 Å². The van der Waals surface area contributed by atoms with Crippen molar-refractivity contribution in [3.05, 3.63) is 0 Å². The molecule has 0 radical (unpaired) electrons. The second-order valence-corrected chi connectivity index (χ2v) is 10.1. The van der Waals surface area contributed by atoms with Crippen molar-refractivity contribution in [3.63, 3.8) is 0 Å². The van der Waals surface area contributed by atoms with E-state index in [9.17, 15) is 0 Å². The maximum Gasteiger partial charge on any atom is 0.0621 e. The van der Waals surface area contributed by atoms with Gasteiger partial charge in [0.25, 0.3) is 0 Å². The minimum Gasteiger partial charge on any atom is -0.198 e. The molecule has 0 aliphatic heterocycles. The Labute approximate surface area is 163 Å². The first-order valence-corrected chi connectivity index (χ1v) is 12.2. The molecule has 0 amide bonds. The van der Waals surface area contributed by atoms with Crippen LogP contribution in [-0.2, 0) is 0 Å². The molecule has 3 rings (SSSR count). The van der Waals surface area contributed by atoms with Crippen LogP contribution in [0.25, 0.3) is 0 Å². The van der Waals surface area contributed by atoms with Crippen molar-refractivity contribution >= 4 is 0 Å². The van der Waals surface area contributed by atoms with E-state index in [1.54, 1.807) is 38.5 Å². The highest BCUT2D eigenvalue weighted by atomic mass is 14.4. The molecule has 1 heteroatoms. The molecule has 3 aliphatic rings. The van der Waals surface area contributed by atoms with E-state index in [0.717, 1.165) is 48.3 Å². The summed E-state index contributed by atoms with van der Waals surface area (Å²) in [5.74, 6) is 6.27. The van der Waals surface area contributed by atoms with Crippen LogP contribution in [0.1, 0.15) is 116 Å². The van der Waals surface area contributed by atoms with Gasteiger partial charge in [0.2, 0.25) is 0 Å². The highest BCUT2D eigenvalue weighted by Gasteiger charge is 2.34. The molecule has 0 aromatic rings. The molecule has 26 heavy (non-hydrogen) atoms. The monoisotopic (exact) mass is 357 g/mol. The molecule has 0 spiro atoms. The fraction of sp³-hybridized carbons (Fsp3) is 0.960. The van der Waals surface area contributed by atoms with Crippen molar-refractivity contribution in [1.29, 1.82) is 5.26 Å². The van der Waals surface area contributed by atoms with Gasteiger partial charge in [0.05, 0.1) is 6.07 Å². The first kappa shape index (κ1) is 20.2. The van der Waals surface area contributed by atoms with Crippen molar-refractivity contribution in [2.75, 3.05) is 0 Å². The number of rotatable bonds is 7. The summed E-state index contributed by atoms with van der Waals surface area (Å²) in [4.78, 5) is 0. The van der Waals surface area contributed by atoms with Crippen LogP contribution in [0.4, 0.5) is 0 Å². The van der Waals surface area contributed by atoms with Crippen molar-refractivity contribution < 1.29 is 0 Å². The molecular formula is C25H43N. The van der Waals surface area contributed by atoms with Gasteiger partial charge in [-0.1, -0.05) is 45.4 Å². The fourth-order valence-electron chi connectivity index (χ4n) is 6.86. The molecule has 0 N–H and O–H groups in total. The molecule has 0 unspecified atom stereocenters. The van der Waals surface area contributed by atoms with E-state index in [0.29, 0.717) is 0 Å². The smallest absolute Gasteiger partial charge is 0.0621 e. The number of unbranched alkanes of at least 4 members (excludes halogenated alkanes) is 1. The maximum atomic E-state index is 8.71. The first-order chi connectivity index (χ1) is 12.8. The fourth-order valence-corrected chi connectivity index (χ4v) is 6.86. The molecule has 0 aromatic heterocycles. The lowest BCUT2D eigenvalue weighted by atomic mass is 9.64. The summed E-state index contributed by atoms with van der Waals surface area (Å²) in [6, 6.07) is 2.31. The lowest BCUT2D eigenvalue weighted by Crippen LogP contribution is -2.29. The molecule has 0 heterocycles. The third-order valence-electron chi connectivity index (χ3n) is 8.53. The third-order valence-corrected chi connectivity index (χ3v) is 8.53. The largest absolute Gasteiger partial charge is 0.198 e. The highest BCUT2D eigenvalue weighted by Crippen LogP contribution is 2.46. The molecule has 1 nitrogen and oxygen atoms in total. The number of hydrogen-bond acceptors (Lipinski definition) is 1. The van der Waals surface area contributed by atoms with Gasteiger partial charge in [0, 0.05) is 6.42 Å². The van der Waals surface area contributed by atoms with Gasteiger partial charge in [-0.2, -0.15) is 5.26 Å². The normalized spacial score (nSPS) is 38.6. The van der Waals surface area contributed by atoms with Gasteiger partial charge in [-0.3, -0.25) is 0 Å². The van der Waals surface area contributed by atoms with Crippen molar-refractivity contribution in [3.8, 4) is 6.07 Å². The maximum absolute atomic E-state index is 8.71. The zero-order chi connectivity index (χ0) is 18.2. The first-order valence-electron chi connectivity index (χ1n) is 12.2. The predicted octanol–water partition coefficient (Wildman–Crippen LogP) is 7.90. The van der Waals surface area contributed by atoms with E-state index >= 15 is 0 Å². The zero-order valence-electron chi connectivity index (χ0n) is 17.4.